The molecule has 0 radical (unpaired) electrons. The molecule has 0 aliphatic heterocycles. The smallest absolute Gasteiger partial charge is 0.417 e. The highest BCUT2D eigenvalue weighted by Crippen LogP contribution is 2.37. The Morgan fingerprint density at radius 1 is 1.11 bits per heavy atom. The van der Waals surface area contributed by atoms with E-state index in [4.69, 9.17) is 21.5 Å². The van der Waals surface area contributed by atoms with Crippen molar-refractivity contribution in [2.45, 2.75) is 6.18 Å². The summed E-state index contributed by atoms with van der Waals surface area (Å²) in [6, 6.07) is 6.76. The van der Waals surface area contributed by atoms with Gasteiger partial charge in [0.1, 0.15) is 17.0 Å². The monoisotopic (exact) mass is 550 g/mol. The zero-order chi connectivity index (χ0) is 27.9. The Bertz CT molecular complexity index is 1620. The van der Waals surface area contributed by atoms with Gasteiger partial charge in [0, 0.05) is 18.8 Å². The van der Waals surface area contributed by atoms with Gasteiger partial charge in [-0.25, -0.2) is 14.2 Å². The van der Waals surface area contributed by atoms with E-state index >= 15 is 0 Å². The van der Waals surface area contributed by atoms with Crippen LogP contribution >= 0.6 is 11.6 Å². The molecular weight excluding hydrogens is 536 g/mol. The molecular formula is C24H15ClF4N4O5. The normalized spacial score (nSPS) is 11.6. The summed E-state index contributed by atoms with van der Waals surface area (Å²) < 4.78 is 56.6. The van der Waals surface area contributed by atoms with Gasteiger partial charge < -0.3 is 5.11 Å². The van der Waals surface area contributed by atoms with E-state index in [9.17, 15) is 31.9 Å². The molecule has 0 unspecified atom stereocenters. The lowest BCUT2D eigenvalue weighted by Crippen LogP contribution is -2.25. The molecule has 2 aromatic heterocycles. The second-order valence-corrected chi connectivity index (χ2v) is 8.21. The number of carboxylic acid groups (broad SMARTS) is 1. The summed E-state index contributed by atoms with van der Waals surface area (Å²) in [6.45, 7) is 0. The minimum absolute atomic E-state index is 0.126. The average molecular weight is 551 g/mol. The number of carboxylic acids is 1. The molecule has 0 aliphatic carbocycles. The summed E-state index contributed by atoms with van der Waals surface area (Å²) in [5, 5.41) is 13.5. The molecule has 0 aliphatic rings. The minimum Gasteiger partial charge on any atom is -0.478 e. The second-order valence-electron chi connectivity index (χ2n) is 7.80. The molecule has 0 bridgehead atoms. The van der Waals surface area contributed by atoms with Gasteiger partial charge in [-0.1, -0.05) is 17.7 Å². The molecule has 0 spiro atoms. The number of carbonyl (C=O) groups excluding carboxylic acids is 2. The fourth-order valence-electron chi connectivity index (χ4n) is 3.64. The number of nitrogens with zero attached hydrogens (tertiary/aromatic N) is 4. The van der Waals surface area contributed by atoms with Crippen molar-refractivity contribution in [3.05, 3.63) is 81.8 Å². The van der Waals surface area contributed by atoms with Crippen molar-refractivity contribution in [2.24, 2.45) is 0 Å². The number of hydroxylamine groups is 2. The number of pyridine rings is 1. The third-order valence-corrected chi connectivity index (χ3v) is 5.84. The van der Waals surface area contributed by atoms with Gasteiger partial charge in [0.05, 0.1) is 39.9 Å². The van der Waals surface area contributed by atoms with Crippen molar-refractivity contribution < 1.29 is 41.9 Å². The van der Waals surface area contributed by atoms with Crippen LogP contribution in [0.2, 0.25) is 5.02 Å². The van der Waals surface area contributed by atoms with E-state index in [1.165, 1.54) is 14.2 Å². The number of carbonyl (C=O) groups is 3. The lowest BCUT2D eigenvalue weighted by molar-refractivity contribution is -0.137. The quantitative estimate of drug-likeness (QED) is 0.277. The molecule has 38 heavy (non-hydrogen) atoms. The number of amides is 1. The van der Waals surface area contributed by atoms with Crippen LogP contribution in [0.3, 0.4) is 0 Å². The average Bonchev–Trinajstić information content (AvgIpc) is 3.25. The minimum atomic E-state index is -4.96. The van der Waals surface area contributed by atoms with E-state index in [0.29, 0.717) is 16.8 Å². The molecule has 14 heteroatoms. The summed E-state index contributed by atoms with van der Waals surface area (Å²) in [5.74, 6) is -4.48. The Hall–Kier alpha value is -4.36. The van der Waals surface area contributed by atoms with Crippen LogP contribution in [0.25, 0.3) is 22.3 Å². The molecule has 4 aromatic rings. The third kappa shape index (κ3) is 4.68. The topological polar surface area (TPSA) is 115 Å². The van der Waals surface area contributed by atoms with E-state index in [2.05, 4.69) is 10.1 Å². The number of aromatic nitrogens is 3. The summed E-state index contributed by atoms with van der Waals surface area (Å²) in [5.41, 5.74) is -3.74. The van der Waals surface area contributed by atoms with Crippen LogP contribution in [0.5, 0.6) is 0 Å². The van der Waals surface area contributed by atoms with Crippen LogP contribution in [0.15, 0.2) is 48.7 Å². The number of fused-ring (bicyclic) bond motifs is 1. The van der Waals surface area contributed by atoms with E-state index < -0.39 is 45.9 Å². The zero-order valence-electron chi connectivity index (χ0n) is 19.4. The number of hydrogen-bond acceptors (Lipinski definition) is 6. The molecule has 1 amide bonds. The predicted molar refractivity (Wildman–Crippen MR) is 125 cm³/mol. The summed E-state index contributed by atoms with van der Waals surface area (Å²) in [4.78, 5) is 46.2. The highest BCUT2D eigenvalue weighted by molar-refractivity contribution is 6.34. The zero-order valence-corrected chi connectivity index (χ0v) is 20.1. The van der Waals surface area contributed by atoms with Crippen molar-refractivity contribution in [1.82, 2.24) is 19.8 Å². The molecule has 2 heterocycles. The molecule has 0 saturated heterocycles. The van der Waals surface area contributed by atoms with Crippen molar-refractivity contribution >= 4 is 40.4 Å². The molecule has 0 saturated carbocycles. The maximum Gasteiger partial charge on any atom is 0.417 e. The van der Waals surface area contributed by atoms with E-state index in [1.807, 2.05) is 0 Å². The second kappa shape index (κ2) is 9.84. The Kier molecular flexibility index (Phi) is 6.91. The van der Waals surface area contributed by atoms with Crippen molar-refractivity contribution in [3.63, 3.8) is 0 Å². The number of alkyl halides is 3. The van der Waals surface area contributed by atoms with Gasteiger partial charge in [-0.05, 0) is 36.4 Å². The first-order valence-electron chi connectivity index (χ1n) is 10.5. The molecule has 9 nitrogen and oxygen atoms in total. The third-order valence-electron chi connectivity index (χ3n) is 5.52. The Balaban J connectivity index is 2.01. The van der Waals surface area contributed by atoms with Crippen molar-refractivity contribution in [2.75, 3.05) is 14.2 Å². The molecule has 0 fully saturated rings. The lowest BCUT2D eigenvalue weighted by Gasteiger charge is -2.14. The standard InChI is InChI=1S/C24H15ClF4N4O5/c1-32(38-2)21(34)12-9-17-20(30-10-12)19(13-7-6-11(23(36)37)8-16(13)26)31-33(17)22(35)18-14(24(27,28)29)4-3-5-15(18)25/h3-10H,1-2H3,(H,36,37). The lowest BCUT2D eigenvalue weighted by atomic mass is 10.1. The first-order chi connectivity index (χ1) is 17.8. The molecule has 196 valence electrons. The van der Waals surface area contributed by atoms with Gasteiger partial charge in [-0.15, -0.1) is 0 Å². The predicted octanol–water partition coefficient (Wildman–Crippen LogP) is 4.93. The van der Waals surface area contributed by atoms with Gasteiger partial charge in [-0.2, -0.15) is 23.0 Å². The van der Waals surface area contributed by atoms with Crippen LogP contribution in [0, 0.1) is 5.82 Å². The summed E-state index contributed by atoms with van der Waals surface area (Å²) >= 11 is 6.00. The Labute approximate surface area is 215 Å². The first kappa shape index (κ1) is 26.7. The van der Waals surface area contributed by atoms with Gasteiger partial charge in [0.25, 0.3) is 11.8 Å². The number of benzene rings is 2. The van der Waals surface area contributed by atoms with Crippen LogP contribution in [-0.2, 0) is 11.0 Å². The Morgan fingerprint density at radius 2 is 1.82 bits per heavy atom. The number of aromatic carboxylic acids is 1. The molecule has 1 N–H and O–H groups in total. The first-order valence-corrected chi connectivity index (χ1v) is 10.9. The van der Waals surface area contributed by atoms with E-state index in [-0.39, 0.29) is 33.4 Å². The van der Waals surface area contributed by atoms with Crippen molar-refractivity contribution in [1.29, 1.82) is 0 Å². The number of hydrogen-bond donors (Lipinski definition) is 1. The van der Waals surface area contributed by atoms with Gasteiger partial charge in [0.2, 0.25) is 0 Å². The van der Waals surface area contributed by atoms with E-state index in [0.717, 1.165) is 41.6 Å². The number of rotatable bonds is 5. The highest BCUT2D eigenvalue weighted by Gasteiger charge is 2.37. The molecule has 0 atom stereocenters. The fraction of sp³-hybridized carbons (Fsp3) is 0.125. The molecule has 4 rings (SSSR count). The van der Waals surface area contributed by atoms with Crippen LogP contribution in [-0.4, -0.2) is 56.9 Å². The van der Waals surface area contributed by atoms with Crippen LogP contribution in [0.4, 0.5) is 17.6 Å². The maximum atomic E-state index is 14.9. The van der Waals surface area contributed by atoms with Crippen molar-refractivity contribution in [3.8, 4) is 11.3 Å². The largest absolute Gasteiger partial charge is 0.478 e. The van der Waals surface area contributed by atoms with Crippen LogP contribution < -0.4 is 0 Å². The Morgan fingerprint density at radius 3 is 2.42 bits per heavy atom. The maximum absolute atomic E-state index is 14.9. The fourth-order valence-corrected chi connectivity index (χ4v) is 3.90. The van der Waals surface area contributed by atoms with Gasteiger partial charge >= 0.3 is 12.1 Å². The van der Waals surface area contributed by atoms with Crippen LogP contribution in [0.1, 0.15) is 36.6 Å². The van der Waals surface area contributed by atoms with Gasteiger partial charge in [0.15, 0.2) is 0 Å². The molecule has 2 aromatic carbocycles. The van der Waals surface area contributed by atoms with Gasteiger partial charge in [-0.3, -0.25) is 19.4 Å². The number of halogens is 5. The summed E-state index contributed by atoms with van der Waals surface area (Å²) in [6.07, 6.45) is -3.87. The highest BCUT2D eigenvalue weighted by atomic mass is 35.5. The SMILES string of the molecule is CON(C)C(=O)c1cnc2c(-c3ccc(C(=O)O)cc3F)nn(C(=O)c3c(Cl)cccc3C(F)(F)F)c2c1. The summed E-state index contributed by atoms with van der Waals surface area (Å²) in [7, 11) is 2.51. The van der Waals surface area contributed by atoms with E-state index in [1.54, 1.807) is 0 Å².